The van der Waals surface area contributed by atoms with E-state index in [-0.39, 0.29) is 25.5 Å². The van der Waals surface area contributed by atoms with Crippen LogP contribution in [0.25, 0.3) is 0 Å². The number of imide groups is 1. The molecule has 1 aromatic carbocycles. The fraction of sp³-hybridized carbons (Fsp3) is 0.357. The number of benzene rings is 1. The molecule has 0 spiro atoms. The predicted octanol–water partition coefficient (Wildman–Crippen LogP) is 0.558. The molecule has 0 aromatic heterocycles. The van der Waals surface area contributed by atoms with Gasteiger partial charge in [0, 0.05) is 12.1 Å². The monoisotopic (exact) mass is 311 g/mol. The number of carbonyl (C=O) groups excluding carboxylic acids is 3. The van der Waals surface area contributed by atoms with E-state index in [0.29, 0.717) is 11.1 Å². The predicted molar refractivity (Wildman–Crippen MR) is 80.3 cm³/mol. The van der Waals surface area contributed by atoms with E-state index < -0.39 is 23.3 Å². The standard InChI is InChI=1S/C14H17N3O3.ClH/c1-14(2,8-15)16-11(18)7-17-12(19)9-5-3-4-6-10(9)13(17)20;/h3-6H,7-8,15H2,1-2H3,(H,16,18);1H. The van der Waals surface area contributed by atoms with E-state index >= 15 is 0 Å². The van der Waals surface area contributed by atoms with Crippen molar-refractivity contribution in [2.75, 3.05) is 13.1 Å². The lowest BCUT2D eigenvalue weighted by Crippen LogP contribution is -2.52. The van der Waals surface area contributed by atoms with Crippen LogP contribution in [0.15, 0.2) is 24.3 Å². The molecule has 0 atom stereocenters. The Balaban J connectivity index is 0.00000220. The average Bonchev–Trinajstić information content (AvgIpc) is 2.64. The highest BCUT2D eigenvalue weighted by Gasteiger charge is 2.36. The number of halogens is 1. The molecule has 0 unspecified atom stereocenters. The molecule has 2 rings (SSSR count). The summed E-state index contributed by atoms with van der Waals surface area (Å²) in [6.07, 6.45) is 0. The van der Waals surface area contributed by atoms with Crippen LogP contribution in [-0.2, 0) is 4.79 Å². The van der Waals surface area contributed by atoms with E-state index in [0.717, 1.165) is 4.90 Å². The molecule has 1 aliphatic rings. The minimum absolute atomic E-state index is 0. The molecule has 1 aromatic rings. The molecule has 0 aliphatic carbocycles. The number of amides is 3. The number of hydrogen-bond donors (Lipinski definition) is 2. The van der Waals surface area contributed by atoms with Crippen molar-refractivity contribution in [1.82, 2.24) is 10.2 Å². The van der Waals surface area contributed by atoms with Crippen molar-refractivity contribution in [2.45, 2.75) is 19.4 Å². The van der Waals surface area contributed by atoms with Crippen molar-refractivity contribution >= 4 is 30.1 Å². The number of carbonyl (C=O) groups is 3. The normalized spacial score (nSPS) is 13.8. The first kappa shape index (κ1) is 17.1. The van der Waals surface area contributed by atoms with Gasteiger partial charge in [0.2, 0.25) is 5.91 Å². The number of hydrogen-bond acceptors (Lipinski definition) is 4. The second-order valence-corrected chi connectivity index (χ2v) is 5.38. The van der Waals surface area contributed by atoms with Crippen LogP contribution in [0.5, 0.6) is 0 Å². The van der Waals surface area contributed by atoms with Gasteiger partial charge in [-0.3, -0.25) is 19.3 Å². The molecule has 3 N–H and O–H groups in total. The van der Waals surface area contributed by atoms with E-state index in [9.17, 15) is 14.4 Å². The molecule has 0 fully saturated rings. The van der Waals surface area contributed by atoms with Crippen molar-refractivity contribution < 1.29 is 14.4 Å². The minimum Gasteiger partial charge on any atom is -0.348 e. The third-order valence-corrected chi connectivity index (χ3v) is 3.17. The van der Waals surface area contributed by atoms with Gasteiger partial charge in [0.1, 0.15) is 6.54 Å². The largest absolute Gasteiger partial charge is 0.348 e. The van der Waals surface area contributed by atoms with Crippen molar-refractivity contribution in [2.24, 2.45) is 5.73 Å². The zero-order chi connectivity index (χ0) is 14.9. The van der Waals surface area contributed by atoms with Crippen molar-refractivity contribution in [3.05, 3.63) is 35.4 Å². The van der Waals surface area contributed by atoms with Gasteiger partial charge in [-0.05, 0) is 26.0 Å². The Morgan fingerprint density at radius 3 is 2.10 bits per heavy atom. The maximum atomic E-state index is 12.1. The summed E-state index contributed by atoms with van der Waals surface area (Å²) in [7, 11) is 0. The van der Waals surface area contributed by atoms with Gasteiger partial charge < -0.3 is 11.1 Å². The second-order valence-electron chi connectivity index (χ2n) is 5.38. The maximum Gasteiger partial charge on any atom is 0.262 e. The van der Waals surface area contributed by atoms with Gasteiger partial charge in [-0.1, -0.05) is 12.1 Å². The van der Waals surface area contributed by atoms with E-state index in [1.54, 1.807) is 38.1 Å². The molecule has 1 heterocycles. The van der Waals surface area contributed by atoms with Crippen LogP contribution in [0.3, 0.4) is 0 Å². The number of fused-ring (bicyclic) bond motifs is 1. The van der Waals surface area contributed by atoms with E-state index in [1.165, 1.54) is 0 Å². The van der Waals surface area contributed by atoms with Crippen molar-refractivity contribution in [1.29, 1.82) is 0 Å². The van der Waals surface area contributed by atoms with Gasteiger partial charge in [0.05, 0.1) is 11.1 Å². The summed E-state index contributed by atoms with van der Waals surface area (Å²) in [4.78, 5) is 37.0. The first-order valence-electron chi connectivity index (χ1n) is 6.32. The van der Waals surface area contributed by atoms with Crippen LogP contribution in [0, 0.1) is 0 Å². The Bertz CT molecular complexity index is 552. The van der Waals surface area contributed by atoms with Crippen molar-refractivity contribution in [3.8, 4) is 0 Å². The molecule has 1 aliphatic heterocycles. The summed E-state index contributed by atoms with van der Waals surface area (Å²) in [5, 5.41) is 2.69. The van der Waals surface area contributed by atoms with E-state index in [2.05, 4.69) is 5.32 Å². The minimum atomic E-state index is -0.574. The Kier molecular flexibility index (Phi) is 5.09. The highest BCUT2D eigenvalue weighted by Crippen LogP contribution is 2.21. The van der Waals surface area contributed by atoms with Crippen LogP contribution < -0.4 is 11.1 Å². The van der Waals surface area contributed by atoms with Gasteiger partial charge in [-0.25, -0.2) is 0 Å². The molecule has 3 amide bonds. The topological polar surface area (TPSA) is 92.5 Å². The smallest absolute Gasteiger partial charge is 0.262 e. The Labute approximate surface area is 129 Å². The third kappa shape index (κ3) is 3.40. The van der Waals surface area contributed by atoms with Crippen LogP contribution in [-0.4, -0.2) is 41.2 Å². The van der Waals surface area contributed by atoms with E-state index in [1.807, 2.05) is 0 Å². The van der Waals surface area contributed by atoms with E-state index in [4.69, 9.17) is 5.73 Å². The molecule has 6 nitrogen and oxygen atoms in total. The van der Waals surface area contributed by atoms with Gasteiger partial charge in [-0.2, -0.15) is 0 Å². The zero-order valence-corrected chi connectivity index (χ0v) is 12.7. The number of nitrogens with two attached hydrogens (primary N) is 1. The molecule has 21 heavy (non-hydrogen) atoms. The average molecular weight is 312 g/mol. The van der Waals surface area contributed by atoms with Crippen LogP contribution in [0.4, 0.5) is 0 Å². The molecule has 114 valence electrons. The van der Waals surface area contributed by atoms with Crippen LogP contribution >= 0.6 is 12.4 Å². The molecule has 0 bridgehead atoms. The molecule has 0 saturated heterocycles. The third-order valence-electron chi connectivity index (χ3n) is 3.17. The Hall–Kier alpha value is -1.92. The SMILES string of the molecule is CC(C)(CN)NC(=O)CN1C(=O)c2ccccc2C1=O.Cl. The number of rotatable bonds is 4. The molecule has 0 saturated carbocycles. The van der Waals surface area contributed by atoms with Crippen LogP contribution in [0.1, 0.15) is 34.6 Å². The highest BCUT2D eigenvalue weighted by molar-refractivity contribution is 6.22. The first-order valence-corrected chi connectivity index (χ1v) is 6.32. The summed E-state index contributed by atoms with van der Waals surface area (Å²) in [5.41, 5.74) is 5.62. The van der Waals surface area contributed by atoms with Gasteiger partial charge in [-0.15, -0.1) is 12.4 Å². The maximum absolute atomic E-state index is 12.1. The first-order chi connectivity index (χ1) is 9.35. The summed E-state index contributed by atoms with van der Waals surface area (Å²) in [6.45, 7) is 3.51. The molecule has 7 heteroatoms. The number of nitrogens with zero attached hydrogens (tertiary/aromatic N) is 1. The Morgan fingerprint density at radius 1 is 1.19 bits per heavy atom. The molecule has 0 radical (unpaired) electrons. The summed E-state index contributed by atoms with van der Waals surface area (Å²) >= 11 is 0. The fourth-order valence-corrected chi connectivity index (χ4v) is 1.99. The quantitative estimate of drug-likeness (QED) is 0.795. The number of nitrogens with one attached hydrogen (secondary N) is 1. The van der Waals surface area contributed by atoms with Gasteiger partial charge >= 0.3 is 0 Å². The van der Waals surface area contributed by atoms with Crippen molar-refractivity contribution in [3.63, 3.8) is 0 Å². The molecular formula is C14H18ClN3O3. The zero-order valence-electron chi connectivity index (χ0n) is 11.9. The lowest BCUT2D eigenvalue weighted by molar-refractivity contribution is -0.122. The summed E-state index contributed by atoms with van der Waals surface area (Å²) in [5.74, 6) is -1.28. The summed E-state index contributed by atoms with van der Waals surface area (Å²) < 4.78 is 0. The Morgan fingerprint density at radius 2 is 1.67 bits per heavy atom. The highest BCUT2D eigenvalue weighted by atomic mass is 35.5. The lowest BCUT2D eigenvalue weighted by atomic mass is 10.1. The van der Waals surface area contributed by atoms with Gasteiger partial charge in [0.25, 0.3) is 11.8 Å². The van der Waals surface area contributed by atoms with Gasteiger partial charge in [0.15, 0.2) is 0 Å². The second kappa shape index (κ2) is 6.24. The summed E-state index contributed by atoms with van der Waals surface area (Å²) in [6, 6.07) is 6.53. The van der Waals surface area contributed by atoms with Crippen LogP contribution in [0.2, 0.25) is 0 Å². The molecular weight excluding hydrogens is 294 g/mol. The lowest BCUT2D eigenvalue weighted by Gasteiger charge is -2.25. The fourth-order valence-electron chi connectivity index (χ4n) is 1.99.